The lowest BCUT2D eigenvalue weighted by atomic mass is 10.1. The van der Waals surface area contributed by atoms with Gasteiger partial charge in [-0.25, -0.2) is 4.79 Å². The monoisotopic (exact) mass is 466 g/mol. The average molecular weight is 467 g/mol. The molecule has 0 atom stereocenters. The number of unbranched alkanes of at least 4 members (excludes halogenated alkanes) is 5. The fourth-order valence-electron chi connectivity index (χ4n) is 3.96. The van der Waals surface area contributed by atoms with E-state index in [9.17, 15) is 9.90 Å². The van der Waals surface area contributed by atoms with E-state index in [0.717, 1.165) is 49.0 Å². The molecule has 0 fully saturated rings. The number of hydrogen-bond acceptors (Lipinski definition) is 5. The number of oxazole rings is 1. The van der Waals surface area contributed by atoms with Crippen LogP contribution in [0.5, 0.6) is 5.75 Å². The lowest BCUT2D eigenvalue weighted by Crippen LogP contribution is -2.37. The molecule has 0 saturated heterocycles. The molecule has 1 heterocycles. The van der Waals surface area contributed by atoms with E-state index in [2.05, 4.69) is 17.9 Å². The zero-order valence-electron chi connectivity index (χ0n) is 20.8. The van der Waals surface area contributed by atoms with Gasteiger partial charge in [0, 0.05) is 13.1 Å². The van der Waals surface area contributed by atoms with Gasteiger partial charge in [-0.1, -0.05) is 63.3 Å². The number of ether oxygens (including phenoxy) is 1. The number of nitrogens with zero attached hydrogens (tertiary/aromatic N) is 2. The second-order valence-corrected chi connectivity index (χ2v) is 9.39. The Bertz CT molecular complexity index is 1010. The van der Waals surface area contributed by atoms with E-state index in [1.165, 1.54) is 32.1 Å². The molecular formula is C28H38N2O4. The SMILES string of the molecule is CCCCCCCCN(CCCc1cccc(OC(C)(C)C(=O)O)c1)c1nc2ccccc2o1. The lowest BCUT2D eigenvalue weighted by Gasteiger charge is -2.22. The Labute approximate surface area is 202 Å². The highest BCUT2D eigenvalue weighted by atomic mass is 16.5. The van der Waals surface area contributed by atoms with Crippen LogP contribution in [0.25, 0.3) is 11.1 Å². The minimum absolute atomic E-state index is 0.577. The molecule has 0 aliphatic heterocycles. The molecule has 6 heteroatoms. The van der Waals surface area contributed by atoms with Crippen molar-refractivity contribution in [2.75, 3.05) is 18.0 Å². The normalized spacial score (nSPS) is 11.6. The fourth-order valence-corrected chi connectivity index (χ4v) is 3.96. The molecule has 0 aliphatic rings. The Morgan fingerprint density at radius 2 is 1.74 bits per heavy atom. The van der Waals surface area contributed by atoms with Crippen LogP contribution in [0.3, 0.4) is 0 Å². The van der Waals surface area contributed by atoms with Gasteiger partial charge in [0.25, 0.3) is 6.01 Å². The first-order valence-corrected chi connectivity index (χ1v) is 12.5. The maximum atomic E-state index is 11.4. The average Bonchev–Trinajstić information content (AvgIpc) is 3.24. The molecule has 3 rings (SSSR count). The van der Waals surface area contributed by atoms with Crippen molar-refractivity contribution in [2.24, 2.45) is 0 Å². The molecule has 3 aromatic rings. The van der Waals surface area contributed by atoms with E-state index >= 15 is 0 Å². The molecule has 1 aromatic heterocycles. The van der Waals surface area contributed by atoms with E-state index in [1.54, 1.807) is 19.9 Å². The number of aryl methyl sites for hydroxylation is 1. The predicted molar refractivity (Wildman–Crippen MR) is 137 cm³/mol. The number of hydrogen-bond donors (Lipinski definition) is 1. The van der Waals surface area contributed by atoms with Crippen LogP contribution >= 0.6 is 0 Å². The van der Waals surface area contributed by atoms with E-state index in [1.807, 2.05) is 36.4 Å². The second kappa shape index (κ2) is 12.4. The van der Waals surface area contributed by atoms with Crippen molar-refractivity contribution in [2.45, 2.75) is 77.7 Å². The molecule has 6 nitrogen and oxygen atoms in total. The van der Waals surface area contributed by atoms with Crippen LogP contribution in [0.1, 0.15) is 71.3 Å². The maximum Gasteiger partial charge on any atom is 0.347 e. The number of para-hydroxylation sites is 2. The van der Waals surface area contributed by atoms with Gasteiger partial charge in [0.15, 0.2) is 11.2 Å². The van der Waals surface area contributed by atoms with E-state index in [0.29, 0.717) is 11.8 Å². The van der Waals surface area contributed by atoms with Crippen LogP contribution in [0.2, 0.25) is 0 Å². The number of carbonyl (C=O) groups is 1. The number of carboxylic acids is 1. The summed E-state index contributed by atoms with van der Waals surface area (Å²) in [5.41, 5.74) is 1.56. The minimum Gasteiger partial charge on any atom is -0.478 e. The van der Waals surface area contributed by atoms with Gasteiger partial charge in [-0.05, 0) is 62.9 Å². The predicted octanol–water partition coefficient (Wildman–Crippen LogP) is 6.87. The largest absolute Gasteiger partial charge is 0.478 e. The van der Waals surface area contributed by atoms with Gasteiger partial charge in [0.2, 0.25) is 0 Å². The topological polar surface area (TPSA) is 75.8 Å². The molecule has 0 bridgehead atoms. The summed E-state index contributed by atoms with van der Waals surface area (Å²) in [5, 5.41) is 9.32. The van der Waals surface area contributed by atoms with Crippen molar-refractivity contribution in [3.63, 3.8) is 0 Å². The molecular weight excluding hydrogens is 428 g/mol. The fraction of sp³-hybridized carbons (Fsp3) is 0.500. The number of benzene rings is 2. The number of aliphatic carboxylic acids is 1. The van der Waals surface area contributed by atoms with Crippen LogP contribution in [0, 0.1) is 0 Å². The van der Waals surface area contributed by atoms with Crippen LogP contribution in [0.4, 0.5) is 6.01 Å². The third kappa shape index (κ3) is 7.51. The Balaban J connectivity index is 1.60. The molecule has 0 saturated carbocycles. The summed E-state index contributed by atoms with van der Waals surface area (Å²) in [6.07, 6.45) is 9.27. The molecule has 0 aliphatic carbocycles. The standard InChI is InChI=1S/C28H38N2O4/c1-4-5-6-7-8-11-19-30(27-29-24-17-9-10-18-25(24)33-27)20-13-15-22-14-12-16-23(21-22)34-28(2,3)26(31)32/h9-10,12,14,16-18,21H,4-8,11,13,15,19-20H2,1-3H3,(H,31,32). The highest BCUT2D eigenvalue weighted by molar-refractivity contribution is 5.76. The summed E-state index contributed by atoms with van der Waals surface area (Å²) < 4.78 is 11.8. The van der Waals surface area contributed by atoms with Crippen molar-refractivity contribution in [1.29, 1.82) is 0 Å². The van der Waals surface area contributed by atoms with Gasteiger partial charge in [-0.15, -0.1) is 0 Å². The highest BCUT2D eigenvalue weighted by Crippen LogP contribution is 2.24. The van der Waals surface area contributed by atoms with Crippen LogP contribution in [0.15, 0.2) is 52.9 Å². The summed E-state index contributed by atoms with van der Waals surface area (Å²) in [6, 6.07) is 16.3. The molecule has 0 unspecified atom stereocenters. The van der Waals surface area contributed by atoms with Crippen LogP contribution in [-0.2, 0) is 11.2 Å². The molecule has 1 N–H and O–H groups in total. The van der Waals surface area contributed by atoms with E-state index in [4.69, 9.17) is 14.1 Å². The summed E-state index contributed by atoms with van der Waals surface area (Å²) in [4.78, 5) is 18.4. The Morgan fingerprint density at radius 1 is 1.00 bits per heavy atom. The summed E-state index contributed by atoms with van der Waals surface area (Å²) in [7, 11) is 0. The van der Waals surface area contributed by atoms with Gasteiger partial charge in [0.05, 0.1) is 0 Å². The van der Waals surface area contributed by atoms with Gasteiger partial charge >= 0.3 is 5.97 Å². The number of carboxylic acid groups (broad SMARTS) is 1. The number of anilines is 1. The van der Waals surface area contributed by atoms with Crippen LogP contribution in [-0.4, -0.2) is 34.8 Å². The van der Waals surface area contributed by atoms with Crippen molar-refractivity contribution >= 4 is 23.1 Å². The molecule has 184 valence electrons. The van der Waals surface area contributed by atoms with Gasteiger partial charge in [-0.3, -0.25) is 0 Å². The van der Waals surface area contributed by atoms with Crippen LogP contribution < -0.4 is 9.64 Å². The number of fused-ring (bicyclic) bond motifs is 1. The van der Waals surface area contributed by atoms with Crippen molar-refractivity contribution < 1.29 is 19.1 Å². The zero-order chi connectivity index (χ0) is 24.4. The highest BCUT2D eigenvalue weighted by Gasteiger charge is 2.29. The summed E-state index contributed by atoms with van der Waals surface area (Å²) in [6.45, 7) is 7.12. The van der Waals surface area contributed by atoms with E-state index < -0.39 is 11.6 Å². The number of aromatic nitrogens is 1. The first kappa shape index (κ1) is 25.6. The van der Waals surface area contributed by atoms with E-state index in [-0.39, 0.29) is 0 Å². The van der Waals surface area contributed by atoms with Crippen molar-refractivity contribution in [3.05, 3.63) is 54.1 Å². The van der Waals surface area contributed by atoms with Gasteiger partial charge in [-0.2, -0.15) is 4.98 Å². The van der Waals surface area contributed by atoms with Crippen molar-refractivity contribution in [1.82, 2.24) is 4.98 Å². The third-order valence-electron chi connectivity index (χ3n) is 6.01. The first-order valence-electron chi connectivity index (χ1n) is 12.5. The third-order valence-corrected chi connectivity index (χ3v) is 6.01. The second-order valence-electron chi connectivity index (χ2n) is 9.39. The quantitative estimate of drug-likeness (QED) is 0.246. The summed E-state index contributed by atoms with van der Waals surface area (Å²) >= 11 is 0. The zero-order valence-corrected chi connectivity index (χ0v) is 20.8. The smallest absolute Gasteiger partial charge is 0.347 e. The minimum atomic E-state index is -1.26. The Morgan fingerprint density at radius 3 is 2.50 bits per heavy atom. The molecule has 34 heavy (non-hydrogen) atoms. The Kier molecular flexibility index (Phi) is 9.37. The van der Waals surface area contributed by atoms with Gasteiger partial charge in [0.1, 0.15) is 11.3 Å². The number of rotatable bonds is 15. The lowest BCUT2D eigenvalue weighted by molar-refractivity contribution is -0.152. The summed E-state index contributed by atoms with van der Waals surface area (Å²) in [5.74, 6) is -0.408. The molecule has 0 spiro atoms. The first-order chi connectivity index (χ1) is 16.4. The van der Waals surface area contributed by atoms with Crippen molar-refractivity contribution in [3.8, 4) is 5.75 Å². The molecule has 2 aromatic carbocycles. The maximum absolute atomic E-state index is 11.4. The molecule has 0 radical (unpaired) electrons. The van der Waals surface area contributed by atoms with Gasteiger partial charge < -0.3 is 19.2 Å². The Hall–Kier alpha value is -3.02. The molecule has 0 amide bonds.